The second-order valence-corrected chi connectivity index (χ2v) is 8.81. The zero-order valence-electron chi connectivity index (χ0n) is 18.5. The van der Waals surface area contributed by atoms with Gasteiger partial charge in [-0.05, 0) is 41.3 Å². The fraction of sp³-hybridized carbons (Fsp3) is 0.115. The molecule has 5 aromatic rings. The molecule has 3 aromatic carbocycles. The van der Waals surface area contributed by atoms with Crippen molar-refractivity contribution in [2.75, 3.05) is 12.5 Å². The van der Waals surface area contributed by atoms with E-state index >= 15 is 0 Å². The van der Waals surface area contributed by atoms with E-state index in [1.807, 2.05) is 59.2 Å². The summed E-state index contributed by atoms with van der Waals surface area (Å²) in [6.45, 7) is 0.614. The summed E-state index contributed by atoms with van der Waals surface area (Å²) in [4.78, 5) is 12.7. The van der Waals surface area contributed by atoms with Crippen molar-refractivity contribution in [3.8, 4) is 28.8 Å². The molecule has 35 heavy (non-hydrogen) atoms. The molecule has 1 N–H and O–H groups in total. The Kier molecular flexibility index (Phi) is 5.59. The number of amides is 1. The van der Waals surface area contributed by atoms with E-state index in [9.17, 15) is 4.79 Å². The lowest BCUT2D eigenvalue weighted by Gasteiger charge is -2.12. The molecular weight excluding hydrogens is 464 g/mol. The number of benzene rings is 3. The minimum absolute atomic E-state index is 0.111. The van der Waals surface area contributed by atoms with Crippen LogP contribution in [-0.4, -0.2) is 33.2 Å². The van der Waals surface area contributed by atoms with E-state index in [1.165, 1.54) is 11.8 Å². The van der Waals surface area contributed by atoms with Crippen LogP contribution < -0.4 is 14.8 Å². The monoisotopic (exact) mass is 484 g/mol. The van der Waals surface area contributed by atoms with Crippen LogP contribution in [0.1, 0.15) is 5.56 Å². The number of fused-ring (bicyclic) bond motifs is 2. The van der Waals surface area contributed by atoms with Crippen LogP contribution in [0.4, 0.5) is 0 Å². The summed E-state index contributed by atoms with van der Waals surface area (Å²) in [6.07, 6.45) is 1.61. The highest BCUT2D eigenvalue weighted by Crippen LogP contribution is 2.33. The molecule has 9 heteroatoms. The average molecular weight is 485 g/mol. The molecule has 0 aliphatic carbocycles. The first-order valence-electron chi connectivity index (χ1n) is 11.0. The van der Waals surface area contributed by atoms with E-state index in [1.54, 1.807) is 6.26 Å². The Bertz CT molecular complexity index is 1510. The lowest BCUT2D eigenvalue weighted by Crippen LogP contribution is -2.24. The van der Waals surface area contributed by atoms with Crippen molar-refractivity contribution in [3.63, 3.8) is 0 Å². The molecule has 1 aliphatic rings. The Morgan fingerprint density at radius 2 is 1.86 bits per heavy atom. The SMILES string of the molecule is O=C(CSc1nnc(-c2ccco2)n1-c1cccc2ccccc12)NCc1ccc2c(c1)OCO2. The highest BCUT2D eigenvalue weighted by atomic mass is 32.2. The number of hydrogen-bond acceptors (Lipinski definition) is 7. The number of nitrogens with zero attached hydrogens (tertiary/aromatic N) is 3. The van der Waals surface area contributed by atoms with Gasteiger partial charge in [0.25, 0.3) is 0 Å². The lowest BCUT2D eigenvalue weighted by atomic mass is 10.1. The highest BCUT2D eigenvalue weighted by Gasteiger charge is 2.20. The number of furan rings is 1. The molecule has 0 unspecified atom stereocenters. The Labute approximate surface area is 204 Å². The number of carbonyl (C=O) groups is 1. The molecule has 2 aromatic heterocycles. The van der Waals surface area contributed by atoms with Gasteiger partial charge in [0, 0.05) is 11.9 Å². The molecular formula is C26H20N4O4S. The largest absolute Gasteiger partial charge is 0.461 e. The number of ether oxygens (including phenoxy) is 2. The minimum atomic E-state index is -0.111. The standard InChI is InChI=1S/C26H20N4O4S/c31-24(27-14-17-10-11-21-23(13-17)34-16-33-21)15-35-26-29-28-25(22-9-4-12-32-22)30(26)20-8-3-6-18-5-1-2-7-19(18)20/h1-13H,14-16H2,(H,27,31). The van der Waals surface area contributed by atoms with Gasteiger partial charge in [0.05, 0.1) is 17.7 Å². The number of rotatable bonds is 7. The average Bonchev–Trinajstić information content (AvgIpc) is 3.66. The third-order valence-electron chi connectivity index (χ3n) is 5.64. The molecule has 0 spiro atoms. The van der Waals surface area contributed by atoms with Gasteiger partial charge in [0.2, 0.25) is 18.5 Å². The van der Waals surface area contributed by atoms with Crippen LogP contribution in [0.2, 0.25) is 0 Å². The van der Waals surface area contributed by atoms with Crippen LogP contribution in [0.5, 0.6) is 11.5 Å². The lowest BCUT2D eigenvalue weighted by molar-refractivity contribution is -0.118. The highest BCUT2D eigenvalue weighted by molar-refractivity contribution is 7.99. The predicted octanol–water partition coefficient (Wildman–Crippen LogP) is 4.82. The van der Waals surface area contributed by atoms with Crippen molar-refractivity contribution in [1.82, 2.24) is 20.1 Å². The molecule has 8 nitrogen and oxygen atoms in total. The van der Waals surface area contributed by atoms with E-state index in [0.717, 1.165) is 27.8 Å². The summed E-state index contributed by atoms with van der Waals surface area (Å²) in [7, 11) is 0. The van der Waals surface area contributed by atoms with Crippen LogP contribution in [0.15, 0.2) is 88.6 Å². The molecule has 0 saturated heterocycles. The zero-order valence-corrected chi connectivity index (χ0v) is 19.3. The van der Waals surface area contributed by atoms with E-state index in [2.05, 4.69) is 33.7 Å². The third-order valence-corrected chi connectivity index (χ3v) is 6.57. The molecule has 1 amide bonds. The van der Waals surface area contributed by atoms with E-state index < -0.39 is 0 Å². The number of hydrogen-bond donors (Lipinski definition) is 1. The Morgan fingerprint density at radius 1 is 0.971 bits per heavy atom. The molecule has 1 aliphatic heterocycles. The number of aromatic nitrogens is 3. The van der Waals surface area contributed by atoms with E-state index in [0.29, 0.717) is 29.0 Å². The first-order valence-corrected chi connectivity index (χ1v) is 12.0. The van der Waals surface area contributed by atoms with Crippen LogP contribution >= 0.6 is 11.8 Å². The van der Waals surface area contributed by atoms with Crippen molar-refractivity contribution in [2.24, 2.45) is 0 Å². The molecule has 6 rings (SSSR count). The Morgan fingerprint density at radius 3 is 2.77 bits per heavy atom. The van der Waals surface area contributed by atoms with Gasteiger partial charge in [-0.2, -0.15) is 0 Å². The van der Waals surface area contributed by atoms with Crippen molar-refractivity contribution in [2.45, 2.75) is 11.7 Å². The normalized spacial score (nSPS) is 12.2. The summed E-state index contributed by atoms with van der Waals surface area (Å²) >= 11 is 1.32. The zero-order chi connectivity index (χ0) is 23.6. The molecule has 0 bridgehead atoms. The summed E-state index contributed by atoms with van der Waals surface area (Å²) in [5, 5.41) is 14.5. The Balaban J connectivity index is 1.23. The van der Waals surface area contributed by atoms with Gasteiger partial charge < -0.3 is 19.2 Å². The first kappa shape index (κ1) is 21.3. The van der Waals surface area contributed by atoms with Gasteiger partial charge in [0.1, 0.15) is 0 Å². The van der Waals surface area contributed by atoms with E-state index in [-0.39, 0.29) is 18.5 Å². The number of thioether (sulfide) groups is 1. The second kappa shape index (κ2) is 9.19. The maximum absolute atomic E-state index is 12.7. The quantitative estimate of drug-likeness (QED) is 0.331. The molecule has 0 atom stereocenters. The maximum atomic E-state index is 12.7. The van der Waals surface area contributed by atoms with Crippen molar-refractivity contribution < 1.29 is 18.7 Å². The number of carbonyl (C=O) groups excluding carboxylic acids is 1. The molecule has 0 fully saturated rings. The topological polar surface area (TPSA) is 91.4 Å². The summed E-state index contributed by atoms with van der Waals surface area (Å²) in [5.41, 5.74) is 1.86. The fourth-order valence-electron chi connectivity index (χ4n) is 3.98. The van der Waals surface area contributed by atoms with Gasteiger partial charge in [-0.3, -0.25) is 9.36 Å². The van der Waals surface area contributed by atoms with E-state index in [4.69, 9.17) is 13.9 Å². The summed E-state index contributed by atoms with van der Waals surface area (Å²) in [5.74, 6) is 2.67. The van der Waals surface area contributed by atoms with Gasteiger partial charge in [-0.1, -0.05) is 54.2 Å². The molecule has 3 heterocycles. The van der Waals surface area contributed by atoms with Crippen LogP contribution in [0, 0.1) is 0 Å². The predicted molar refractivity (Wildman–Crippen MR) is 132 cm³/mol. The summed E-state index contributed by atoms with van der Waals surface area (Å²) in [6, 6.07) is 23.5. The summed E-state index contributed by atoms with van der Waals surface area (Å²) < 4.78 is 18.3. The van der Waals surface area contributed by atoms with Gasteiger partial charge in [-0.15, -0.1) is 10.2 Å². The smallest absolute Gasteiger partial charge is 0.231 e. The minimum Gasteiger partial charge on any atom is -0.461 e. The third kappa shape index (κ3) is 4.22. The molecule has 174 valence electrons. The fourth-order valence-corrected chi connectivity index (χ4v) is 4.76. The van der Waals surface area contributed by atoms with Crippen LogP contribution in [-0.2, 0) is 11.3 Å². The number of nitrogens with one attached hydrogen (secondary N) is 1. The van der Waals surface area contributed by atoms with Gasteiger partial charge >= 0.3 is 0 Å². The van der Waals surface area contributed by atoms with Gasteiger partial charge in [-0.25, -0.2) is 0 Å². The van der Waals surface area contributed by atoms with Gasteiger partial charge in [0.15, 0.2) is 22.4 Å². The molecule has 0 saturated carbocycles. The Hall–Kier alpha value is -4.24. The van der Waals surface area contributed by atoms with Crippen molar-refractivity contribution in [1.29, 1.82) is 0 Å². The molecule has 0 radical (unpaired) electrons. The van der Waals surface area contributed by atoms with Crippen LogP contribution in [0.3, 0.4) is 0 Å². The van der Waals surface area contributed by atoms with Crippen molar-refractivity contribution >= 4 is 28.4 Å². The van der Waals surface area contributed by atoms with Crippen molar-refractivity contribution in [3.05, 3.63) is 84.6 Å². The first-order chi connectivity index (χ1) is 17.3. The van der Waals surface area contributed by atoms with Crippen LogP contribution in [0.25, 0.3) is 28.0 Å². The maximum Gasteiger partial charge on any atom is 0.231 e. The second-order valence-electron chi connectivity index (χ2n) is 7.87.